The highest BCUT2D eigenvalue weighted by atomic mass is 16.1. The second-order valence-corrected chi connectivity index (χ2v) is 4.47. The minimum absolute atomic E-state index is 0.0120. The fraction of sp³-hybridized carbons (Fsp3) is 0.200. The van der Waals surface area contributed by atoms with E-state index in [1.54, 1.807) is 12.3 Å². The lowest BCUT2D eigenvalue weighted by molar-refractivity contribution is 0.0993. The molecule has 0 aliphatic carbocycles. The van der Waals surface area contributed by atoms with Crippen molar-refractivity contribution in [3.05, 3.63) is 58.8 Å². The van der Waals surface area contributed by atoms with Gasteiger partial charge in [0, 0.05) is 12.6 Å². The summed E-state index contributed by atoms with van der Waals surface area (Å²) in [6.45, 7) is 3.90. The molecule has 0 saturated carbocycles. The number of aryl methyl sites for hydroxylation is 2. The van der Waals surface area contributed by atoms with Crippen LogP contribution in [-0.2, 0) is 6.42 Å². The van der Waals surface area contributed by atoms with Crippen LogP contribution in [0.15, 0.2) is 36.5 Å². The number of anilines is 1. The smallest absolute Gasteiger partial charge is 0.170 e. The molecular formula is C15H16N2O. The normalized spacial score (nSPS) is 10.3. The first-order valence-electron chi connectivity index (χ1n) is 5.88. The lowest BCUT2D eigenvalue weighted by atomic mass is 9.99. The van der Waals surface area contributed by atoms with Crippen molar-refractivity contribution in [2.75, 3.05) is 5.73 Å². The molecule has 2 aromatic rings. The van der Waals surface area contributed by atoms with E-state index in [0.29, 0.717) is 17.8 Å². The van der Waals surface area contributed by atoms with E-state index in [2.05, 4.69) is 4.98 Å². The summed E-state index contributed by atoms with van der Waals surface area (Å²) in [7, 11) is 0. The van der Waals surface area contributed by atoms with Gasteiger partial charge in [-0.25, -0.2) is 4.98 Å². The number of nitrogens with two attached hydrogens (primary N) is 1. The van der Waals surface area contributed by atoms with E-state index < -0.39 is 0 Å². The van der Waals surface area contributed by atoms with Gasteiger partial charge >= 0.3 is 0 Å². The topological polar surface area (TPSA) is 56.0 Å². The van der Waals surface area contributed by atoms with Crippen molar-refractivity contribution >= 4 is 11.6 Å². The molecule has 0 saturated heterocycles. The largest absolute Gasteiger partial charge is 0.383 e. The van der Waals surface area contributed by atoms with Gasteiger partial charge in [0.15, 0.2) is 5.78 Å². The first kappa shape index (κ1) is 12.3. The minimum atomic E-state index is 0.0120. The van der Waals surface area contributed by atoms with Crippen LogP contribution in [0.4, 0.5) is 5.82 Å². The van der Waals surface area contributed by atoms with E-state index in [0.717, 1.165) is 16.7 Å². The molecule has 0 atom stereocenters. The molecule has 2 rings (SSSR count). The molecular weight excluding hydrogens is 224 g/mol. The van der Waals surface area contributed by atoms with Crippen LogP contribution in [0.25, 0.3) is 0 Å². The maximum absolute atomic E-state index is 12.2. The predicted molar refractivity (Wildman–Crippen MR) is 72.6 cm³/mol. The SMILES string of the molecule is Cc1cnc(N)c(C(=O)Cc2ccccc2C)c1. The summed E-state index contributed by atoms with van der Waals surface area (Å²) in [6.07, 6.45) is 2.03. The lowest BCUT2D eigenvalue weighted by Gasteiger charge is -2.07. The monoisotopic (exact) mass is 240 g/mol. The van der Waals surface area contributed by atoms with Crippen molar-refractivity contribution < 1.29 is 4.79 Å². The molecule has 18 heavy (non-hydrogen) atoms. The zero-order chi connectivity index (χ0) is 13.1. The summed E-state index contributed by atoms with van der Waals surface area (Å²) >= 11 is 0. The van der Waals surface area contributed by atoms with Gasteiger partial charge in [-0.3, -0.25) is 4.79 Å². The number of carbonyl (C=O) groups excluding carboxylic acids is 1. The van der Waals surface area contributed by atoms with Crippen LogP contribution in [0.5, 0.6) is 0 Å². The molecule has 0 bridgehead atoms. The number of benzene rings is 1. The van der Waals surface area contributed by atoms with Gasteiger partial charge in [0.05, 0.1) is 5.56 Å². The van der Waals surface area contributed by atoms with Gasteiger partial charge in [0.1, 0.15) is 5.82 Å². The average Bonchev–Trinajstić information content (AvgIpc) is 2.35. The lowest BCUT2D eigenvalue weighted by Crippen LogP contribution is -2.09. The highest BCUT2D eigenvalue weighted by Crippen LogP contribution is 2.16. The Kier molecular flexibility index (Phi) is 3.42. The molecule has 0 unspecified atom stereocenters. The van der Waals surface area contributed by atoms with Crippen LogP contribution in [0.3, 0.4) is 0 Å². The van der Waals surface area contributed by atoms with E-state index in [9.17, 15) is 4.79 Å². The molecule has 0 aliphatic heterocycles. The van der Waals surface area contributed by atoms with Gasteiger partial charge in [-0.05, 0) is 36.6 Å². The number of Topliss-reactive ketones (excluding diaryl/α,β-unsaturated/α-hetero) is 1. The molecule has 3 nitrogen and oxygen atoms in total. The Morgan fingerprint density at radius 3 is 2.72 bits per heavy atom. The van der Waals surface area contributed by atoms with E-state index in [4.69, 9.17) is 5.73 Å². The molecule has 0 aliphatic rings. The third-order valence-corrected chi connectivity index (χ3v) is 2.97. The predicted octanol–water partition coefficient (Wildman–Crippen LogP) is 2.71. The van der Waals surface area contributed by atoms with Crippen molar-refractivity contribution in [3.8, 4) is 0 Å². The summed E-state index contributed by atoms with van der Waals surface area (Å²) in [5, 5.41) is 0. The molecule has 0 fully saturated rings. The summed E-state index contributed by atoms with van der Waals surface area (Å²) < 4.78 is 0. The maximum atomic E-state index is 12.2. The van der Waals surface area contributed by atoms with E-state index >= 15 is 0 Å². The van der Waals surface area contributed by atoms with Crippen molar-refractivity contribution in [1.82, 2.24) is 4.98 Å². The van der Waals surface area contributed by atoms with E-state index in [1.165, 1.54) is 0 Å². The van der Waals surface area contributed by atoms with Crippen LogP contribution in [0.1, 0.15) is 27.0 Å². The zero-order valence-electron chi connectivity index (χ0n) is 10.6. The Hall–Kier alpha value is -2.16. The van der Waals surface area contributed by atoms with Crippen LogP contribution in [-0.4, -0.2) is 10.8 Å². The molecule has 0 spiro atoms. The van der Waals surface area contributed by atoms with Gasteiger partial charge < -0.3 is 5.73 Å². The molecule has 2 N–H and O–H groups in total. The highest BCUT2D eigenvalue weighted by Gasteiger charge is 2.12. The van der Waals surface area contributed by atoms with Crippen LogP contribution < -0.4 is 5.73 Å². The van der Waals surface area contributed by atoms with Gasteiger partial charge in [-0.1, -0.05) is 24.3 Å². The van der Waals surface area contributed by atoms with Crippen molar-refractivity contribution in [2.45, 2.75) is 20.3 Å². The highest BCUT2D eigenvalue weighted by molar-refractivity contribution is 6.01. The number of aromatic nitrogens is 1. The molecule has 0 radical (unpaired) electrons. The quantitative estimate of drug-likeness (QED) is 0.839. The second kappa shape index (κ2) is 5.00. The molecule has 1 heterocycles. The fourth-order valence-corrected chi connectivity index (χ4v) is 1.88. The first-order valence-corrected chi connectivity index (χ1v) is 5.88. The van der Waals surface area contributed by atoms with Gasteiger partial charge in [0.2, 0.25) is 0 Å². The number of pyridine rings is 1. The number of ketones is 1. The molecule has 3 heteroatoms. The molecule has 92 valence electrons. The first-order chi connectivity index (χ1) is 8.58. The average molecular weight is 240 g/mol. The summed E-state index contributed by atoms with van der Waals surface area (Å²) in [6, 6.07) is 9.66. The number of rotatable bonds is 3. The van der Waals surface area contributed by atoms with Crippen LogP contribution in [0.2, 0.25) is 0 Å². The van der Waals surface area contributed by atoms with Crippen molar-refractivity contribution in [3.63, 3.8) is 0 Å². The number of nitrogen functional groups attached to an aromatic ring is 1. The fourth-order valence-electron chi connectivity index (χ4n) is 1.88. The van der Waals surface area contributed by atoms with Crippen LogP contribution >= 0.6 is 0 Å². The number of hydrogen-bond donors (Lipinski definition) is 1. The van der Waals surface area contributed by atoms with Gasteiger partial charge in [-0.2, -0.15) is 0 Å². The second-order valence-electron chi connectivity index (χ2n) is 4.47. The summed E-state index contributed by atoms with van der Waals surface area (Å²) in [5.74, 6) is 0.317. The van der Waals surface area contributed by atoms with Crippen LogP contribution in [0, 0.1) is 13.8 Å². The molecule has 1 aromatic heterocycles. The Morgan fingerprint density at radius 2 is 2.00 bits per heavy atom. The maximum Gasteiger partial charge on any atom is 0.170 e. The Balaban J connectivity index is 2.28. The van der Waals surface area contributed by atoms with E-state index in [1.807, 2.05) is 38.1 Å². The van der Waals surface area contributed by atoms with Gasteiger partial charge in [-0.15, -0.1) is 0 Å². The summed E-state index contributed by atoms with van der Waals surface area (Å²) in [4.78, 5) is 16.2. The minimum Gasteiger partial charge on any atom is -0.383 e. The summed E-state index contributed by atoms with van der Waals surface area (Å²) in [5.41, 5.74) is 9.35. The molecule has 0 amide bonds. The van der Waals surface area contributed by atoms with Crippen molar-refractivity contribution in [2.24, 2.45) is 0 Å². The van der Waals surface area contributed by atoms with Crippen molar-refractivity contribution in [1.29, 1.82) is 0 Å². The third-order valence-electron chi connectivity index (χ3n) is 2.97. The van der Waals surface area contributed by atoms with Gasteiger partial charge in [0.25, 0.3) is 0 Å². The number of carbonyl (C=O) groups is 1. The zero-order valence-corrected chi connectivity index (χ0v) is 10.6. The van der Waals surface area contributed by atoms with E-state index in [-0.39, 0.29) is 5.78 Å². The number of hydrogen-bond acceptors (Lipinski definition) is 3. The Morgan fingerprint density at radius 1 is 1.28 bits per heavy atom. The Bertz CT molecular complexity index is 591. The Labute approximate surface area is 107 Å². The third kappa shape index (κ3) is 2.56. The molecule has 1 aromatic carbocycles. The standard InChI is InChI=1S/C15H16N2O/c1-10-7-13(15(16)17-9-10)14(18)8-12-6-4-3-5-11(12)2/h3-7,9H,8H2,1-2H3,(H2,16,17). The number of nitrogens with zero attached hydrogens (tertiary/aromatic N) is 1.